The van der Waals surface area contributed by atoms with Crippen LogP contribution in [0.1, 0.15) is 26.7 Å². The Kier molecular flexibility index (Phi) is 5.93. The van der Waals surface area contributed by atoms with Gasteiger partial charge in [-0.1, -0.05) is 13.8 Å². The highest BCUT2D eigenvalue weighted by molar-refractivity contribution is 5.97. The van der Waals surface area contributed by atoms with E-state index >= 15 is 0 Å². The van der Waals surface area contributed by atoms with Crippen molar-refractivity contribution in [3.63, 3.8) is 0 Å². The van der Waals surface area contributed by atoms with Crippen LogP contribution < -0.4 is 22.1 Å². The van der Waals surface area contributed by atoms with Gasteiger partial charge in [-0.15, -0.1) is 0 Å². The number of nitrogens with zero attached hydrogens (tertiary/aromatic N) is 2. The first-order valence-electron chi connectivity index (χ1n) is 9.39. The number of nitrogens with two attached hydrogens (primary N) is 2. The molecule has 146 valence electrons. The van der Waals surface area contributed by atoms with Gasteiger partial charge in [0.05, 0.1) is 17.4 Å². The number of aliphatic imine (C=N–C) groups is 2. The van der Waals surface area contributed by atoms with Gasteiger partial charge in [-0.2, -0.15) is 0 Å². The lowest BCUT2D eigenvalue weighted by molar-refractivity contribution is 0.806. The number of hydrogen-bond acceptors (Lipinski definition) is 6. The standard InChI is InChI=1S/C21H27N7/c1-13(2)14(9-22)8-20(24)28-21-6-5-18-19(27-21)7-15(11-26-18)16(10-23)12-25-17-3-4-17/h5-13,17,22,26-27H,3-4,23H2,1-2H3,(H2,24,28). The molecule has 3 aliphatic rings. The van der Waals surface area contributed by atoms with E-state index in [1.165, 1.54) is 6.21 Å². The second-order valence-electron chi connectivity index (χ2n) is 7.17. The average Bonchev–Trinajstić information content (AvgIpc) is 3.50. The van der Waals surface area contributed by atoms with Crippen LogP contribution in [-0.4, -0.2) is 24.3 Å². The molecule has 0 aromatic heterocycles. The summed E-state index contributed by atoms with van der Waals surface area (Å²) in [6.07, 6.45) is 16.4. The molecule has 0 spiro atoms. The van der Waals surface area contributed by atoms with E-state index in [1.54, 1.807) is 12.3 Å². The van der Waals surface area contributed by atoms with Gasteiger partial charge in [-0.3, -0.25) is 4.99 Å². The van der Waals surface area contributed by atoms with Crippen molar-refractivity contribution in [1.82, 2.24) is 10.6 Å². The molecule has 0 saturated heterocycles. The molecule has 3 rings (SSSR count). The van der Waals surface area contributed by atoms with Gasteiger partial charge in [0.1, 0.15) is 11.7 Å². The molecule has 0 radical (unpaired) electrons. The van der Waals surface area contributed by atoms with Crippen LogP contribution in [0.3, 0.4) is 0 Å². The van der Waals surface area contributed by atoms with E-state index in [-0.39, 0.29) is 5.92 Å². The van der Waals surface area contributed by atoms with Crippen molar-refractivity contribution in [3.05, 3.63) is 70.6 Å². The predicted molar refractivity (Wildman–Crippen MR) is 116 cm³/mol. The molecule has 1 fully saturated rings. The SMILES string of the molecule is CC(C)C(C=N)=CC(N)=NC1=CC=C2NC=C(C(C=NC3CC3)=CN)C=C2N1. The number of nitrogens with one attached hydrogen (secondary N) is 3. The number of hydrogen-bond donors (Lipinski definition) is 5. The van der Waals surface area contributed by atoms with E-state index in [4.69, 9.17) is 16.9 Å². The molecule has 28 heavy (non-hydrogen) atoms. The lowest BCUT2D eigenvalue weighted by Crippen LogP contribution is -2.27. The maximum Gasteiger partial charge on any atom is 0.132 e. The van der Waals surface area contributed by atoms with Crippen molar-refractivity contribution >= 4 is 18.3 Å². The minimum absolute atomic E-state index is 0.211. The zero-order chi connectivity index (χ0) is 20.1. The number of dihydropyridines is 2. The fraction of sp³-hybridized carbons (Fsp3) is 0.286. The van der Waals surface area contributed by atoms with Crippen LogP contribution in [-0.2, 0) is 0 Å². The van der Waals surface area contributed by atoms with Gasteiger partial charge >= 0.3 is 0 Å². The Labute approximate surface area is 165 Å². The summed E-state index contributed by atoms with van der Waals surface area (Å²) in [7, 11) is 0. The number of rotatable bonds is 7. The molecule has 7 N–H and O–H groups in total. The van der Waals surface area contributed by atoms with Crippen LogP contribution in [0.25, 0.3) is 0 Å². The zero-order valence-corrected chi connectivity index (χ0v) is 16.2. The minimum Gasteiger partial charge on any atom is -0.404 e. The summed E-state index contributed by atoms with van der Waals surface area (Å²) in [6.45, 7) is 4.03. The summed E-state index contributed by atoms with van der Waals surface area (Å²) < 4.78 is 0. The van der Waals surface area contributed by atoms with Crippen molar-refractivity contribution in [2.45, 2.75) is 32.7 Å². The fourth-order valence-electron chi connectivity index (χ4n) is 2.66. The van der Waals surface area contributed by atoms with Crippen molar-refractivity contribution in [2.24, 2.45) is 27.4 Å². The van der Waals surface area contributed by atoms with E-state index < -0.39 is 0 Å². The molecule has 0 aromatic carbocycles. The summed E-state index contributed by atoms with van der Waals surface area (Å²) in [5.41, 5.74) is 16.3. The van der Waals surface area contributed by atoms with E-state index in [0.717, 1.165) is 41.0 Å². The highest BCUT2D eigenvalue weighted by Crippen LogP contribution is 2.25. The highest BCUT2D eigenvalue weighted by atomic mass is 15.1. The highest BCUT2D eigenvalue weighted by Gasteiger charge is 2.20. The molecule has 0 atom stereocenters. The van der Waals surface area contributed by atoms with Gasteiger partial charge in [0.15, 0.2) is 0 Å². The quantitative estimate of drug-likeness (QED) is 0.345. The fourth-order valence-corrected chi connectivity index (χ4v) is 2.66. The Bertz CT molecular complexity index is 888. The smallest absolute Gasteiger partial charge is 0.132 e. The molecule has 0 amide bonds. The third-order valence-electron chi connectivity index (χ3n) is 4.53. The van der Waals surface area contributed by atoms with E-state index in [0.29, 0.717) is 17.7 Å². The van der Waals surface area contributed by atoms with Crippen molar-refractivity contribution < 1.29 is 0 Å². The molecule has 0 unspecified atom stereocenters. The van der Waals surface area contributed by atoms with Crippen LogP contribution >= 0.6 is 0 Å². The molecular formula is C21H27N7. The van der Waals surface area contributed by atoms with Gasteiger partial charge in [-0.25, -0.2) is 4.99 Å². The normalized spacial score (nSPS) is 20.6. The lowest BCUT2D eigenvalue weighted by atomic mass is 10.0. The van der Waals surface area contributed by atoms with Crippen LogP contribution in [0.15, 0.2) is 80.6 Å². The molecule has 2 heterocycles. The monoisotopic (exact) mass is 377 g/mol. The lowest BCUT2D eigenvalue weighted by Gasteiger charge is -2.23. The Morgan fingerprint density at radius 1 is 1.29 bits per heavy atom. The first kappa shape index (κ1) is 19.4. The maximum absolute atomic E-state index is 7.48. The summed E-state index contributed by atoms with van der Waals surface area (Å²) >= 11 is 0. The largest absolute Gasteiger partial charge is 0.404 e. The maximum atomic E-state index is 7.48. The summed E-state index contributed by atoms with van der Waals surface area (Å²) in [6, 6.07) is 0.444. The number of amidine groups is 1. The molecule has 1 aliphatic carbocycles. The van der Waals surface area contributed by atoms with Gasteiger partial charge in [-0.05, 0) is 48.6 Å². The van der Waals surface area contributed by atoms with Gasteiger partial charge < -0.3 is 27.5 Å². The van der Waals surface area contributed by atoms with Crippen LogP contribution in [0.2, 0.25) is 0 Å². The van der Waals surface area contributed by atoms with Gasteiger partial charge in [0.2, 0.25) is 0 Å². The molecule has 2 aliphatic heterocycles. The summed E-state index contributed by atoms with van der Waals surface area (Å²) in [5, 5.41) is 14.0. The second-order valence-corrected chi connectivity index (χ2v) is 7.17. The minimum atomic E-state index is 0.211. The van der Waals surface area contributed by atoms with E-state index in [2.05, 4.69) is 20.6 Å². The Hall–Kier alpha value is -3.35. The Morgan fingerprint density at radius 3 is 2.71 bits per heavy atom. The molecule has 0 aromatic rings. The molecule has 7 nitrogen and oxygen atoms in total. The third kappa shape index (κ3) is 4.88. The second kappa shape index (κ2) is 8.56. The number of fused-ring (bicyclic) bond motifs is 1. The first-order valence-corrected chi connectivity index (χ1v) is 9.39. The molecule has 1 saturated carbocycles. The van der Waals surface area contributed by atoms with Gasteiger partial charge in [0, 0.05) is 36.0 Å². The Morgan fingerprint density at radius 2 is 2.07 bits per heavy atom. The Balaban J connectivity index is 1.76. The molecule has 0 bridgehead atoms. The summed E-state index contributed by atoms with van der Waals surface area (Å²) in [5.74, 6) is 1.19. The van der Waals surface area contributed by atoms with E-state index in [9.17, 15) is 0 Å². The van der Waals surface area contributed by atoms with Crippen LogP contribution in [0.4, 0.5) is 0 Å². The van der Waals surface area contributed by atoms with Crippen molar-refractivity contribution in [3.8, 4) is 0 Å². The van der Waals surface area contributed by atoms with Crippen LogP contribution in [0.5, 0.6) is 0 Å². The average molecular weight is 377 g/mol. The topological polar surface area (TPSA) is 125 Å². The first-order chi connectivity index (χ1) is 13.5. The summed E-state index contributed by atoms with van der Waals surface area (Å²) in [4.78, 5) is 8.93. The molecular weight excluding hydrogens is 350 g/mol. The number of allylic oxidation sites excluding steroid dienone is 6. The van der Waals surface area contributed by atoms with Crippen LogP contribution in [0, 0.1) is 11.3 Å². The zero-order valence-electron chi connectivity index (χ0n) is 16.2. The van der Waals surface area contributed by atoms with Gasteiger partial charge in [0.25, 0.3) is 0 Å². The third-order valence-corrected chi connectivity index (χ3v) is 4.53. The van der Waals surface area contributed by atoms with Crippen molar-refractivity contribution in [2.75, 3.05) is 0 Å². The molecule has 7 heteroatoms. The van der Waals surface area contributed by atoms with Crippen molar-refractivity contribution in [1.29, 1.82) is 5.41 Å². The predicted octanol–water partition coefficient (Wildman–Crippen LogP) is 2.35. The van der Waals surface area contributed by atoms with E-state index in [1.807, 2.05) is 44.5 Å².